The molecule has 0 spiro atoms. The second kappa shape index (κ2) is 7.70. The van der Waals surface area contributed by atoms with E-state index in [1.807, 2.05) is 19.1 Å². The summed E-state index contributed by atoms with van der Waals surface area (Å²) in [4.78, 5) is 3.97. The summed E-state index contributed by atoms with van der Waals surface area (Å²) in [5, 5.41) is 7.50. The topological polar surface area (TPSA) is 58.5 Å². The van der Waals surface area contributed by atoms with Crippen molar-refractivity contribution in [1.29, 1.82) is 0 Å². The Balaban J connectivity index is 2.31. The Bertz CT molecular complexity index is 369. The van der Waals surface area contributed by atoms with Gasteiger partial charge in [0.25, 0.3) is 0 Å². The number of thiocarbonyl (C=S) groups is 1. The van der Waals surface area contributed by atoms with Crippen LogP contribution in [0.25, 0.3) is 0 Å². The third-order valence-electron chi connectivity index (χ3n) is 1.86. The largest absolute Gasteiger partial charge is 0.383 e. The van der Waals surface area contributed by atoms with Gasteiger partial charge in [0, 0.05) is 31.1 Å². The van der Waals surface area contributed by atoms with E-state index in [0.29, 0.717) is 11.7 Å². The van der Waals surface area contributed by atoms with E-state index in [0.717, 1.165) is 5.56 Å². The molecular weight excluding hydrogens is 236 g/mol. The van der Waals surface area contributed by atoms with Gasteiger partial charge in [-0.15, -0.1) is 0 Å². The number of pyridine rings is 1. The molecule has 0 aromatic carbocycles. The maximum absolute atomic E-state index is 5.05. The SMILES string of the molecule is COC[C@@H](C)NC(=S)N/N=C\c1cccnc1. The quantitative estimate of drug-likeness (QED) is 0.463. The van der Waals surface area contributed by atoms with Gasteiger partial charge in [-0.25, -0.2) is 0 Å². The molecule has 0 saturated heterocycles. The van der Waals surface area contributed by atoms with Crippen molar-refractivity contribution in [3.8, 4) is 0 Å². The molecule has 1 heterocycles. The van der Waals surface area contributed by atoms with Crippen LogP contribution in [0, 0.1) is 0 Å². The first-order chi connectivity index (χ1) is 8.22. The van der Waals surface area contributed by atoms with Gasteiger partial charge >= 0.3 is 0 Å². The Kier molecular flexibility index (Phi) is 6.13. The molecular formula is C11H16N4OS. The zero-order valence-electron chi connectivity index (χ0n) is 9.88. The molecule has 1 aromatic heterocycles. The van der Waals surface area contributed by atoms with Gasteiger partial charge in [0.2, 0.25) is 0 Å². The number of nitrogens with zero attached hydrogens (tertiary/aromatic N) is 2. The Morgan fingerprint density at radius 2 is 2.53 bits per heavy atom. The minimum Gasteiger partial charge on any atom is -0.383 e. The summed E-state index contributed by atoms with van der Waals surface area (Å²) < 4.78 is 4.98. The van der Waals surface area contributed by atoms with Crippen molar-refractivity contribution in [1.82, 2.24) is 15.7 Å². The van der Waals surface area contributed by atoms with Crippen LogP contribution in [0.15, 0.2) is 29.6 Å². The fourth-order valence-corrected chi connectivity index (χ4v) is 1.42. The van der Waals surface area contributed by atoms with E-state index in [-0.39, 0.29) is 6.04 Å². The molecule has 1 atom stereocenters. The first-order valence-electron chi connectivity index (χ1n) is 5.21. The Morgan fingerprint density at radius 1 is 1.71 bits per heavy atom. The van der Waals surface area contributed by atoms with Crippen molar-refractivity contribution in [2.45, 2.75) is 13.0 Å². The molecule has 1 aromatic rings. The molecule has 0 aliphatic rings. The van der Waals surface area contributed by atoms with Crippen LogP contribution < -0.4 is 10.7 Å². The summed E-state index contributed by atoms with van der Waals surface area (Å²) in [6.45, 7) is 2.57. The molecule has 1 rings (SSSR count). The Hall–Kier alpha value is -1.53. The summed E-state index contributed by atoms with van der Waals surface area (Å²) in [6, 6.07) is 3.90. The van der Waals surface area contributed by atoms with Crippen LogP contribution in [0.1, 0.15) is 12.5 Å². The monoisotopic (exact) mass is 252 g/mol. The van der Waals surface area contributed by atoms with Crippen LogP contribution in [0.3, 0.4) is 0 Å². The molecule has 0 aliphatic carbocycles. The summed E-state index contributed by atoms with van der Waals surface area (Å²) in [5.41, 5.74) is 3.64. The average Bonchev–Trinajstić information content (AvgIpc) is 2.30. The van der Waals surface area contributed by atoms with E-state index in [1.54, 1.807) is 25.7 Å². The van der Waals surface area contributed by atoms with Crippen LogP contribution in [-0.2, 0) is 4.74 Å². The Labute approximate surface area is 106 Å². The predicted octanol–water partition coefficient (Wildman–Crippen LogP) is 0.914. The van der Waals surface area contributed by atoms with Crippen LogP contribution in [-0.4, -0.2) is 36.1 Å². The summed E-state index contributed by atoms with van der Waals surface area (Å²) >= 11 is 5.05. The molecule has 6 heteroatoms. The van der Waals surface area contributed by atoms with Crippen LogP contribution in [0.5, 0.6) is 0 Å². The standard InChI is InChI=1S/C11H16N4OS/c1-9(8-16-2)14-11(17)15-13-7-10-4-3-5-12-6-10/h3-7,9H,8H2,1-2H3,(H2,14,15,17)/b13-7-/t9-/m1/s1. The number of aromatic nitrogens is 1. The van der Waals surface area contributed by atoms with Crippen LogP contribution in [0.2, 0.25) is 0 Å². The summed E-state index contributed by atoms with van der Waals surface area (Å²) in [5.74, 6) is 0. The summed E-state index contributed by atoms with van der Waals surface area (Å²) in [6.07, 6.45) is 5.08. The van der Waals surface area contributed by atoms with E-state index >= 15 is 0 Å². The molecule has 0 unspecified atom stereocenters. The fraction of sp³-hybridized carbons (Fsp3) is 0.364. The second-order valence-corrected chi connectivity index (χ2v) is 3.89. The van der Waals surface area contributed by atoms with E-state index in [9.17, 15) is 0 Å². The predicted molar refractivity (Wildman–Crippen MR) is 72.0 cm³/mol. The minimum absolute atomic E-state index is 0.147. The molecule has 0 radical (unpaired) electrons. The van der Waals surface area contributed by atoms with Crippen LogP contribution >= 0.6 is 12.2 Å². The molecule has 17 heavy (non-hydrogen) atoms. The lowest BCUT2D eigenvalue weighted by atomic mass is 10.3. The van der Waals surface area contributed by atoms with Crippen molar-refractivity contribution < 1.29 is 4.74 Å². The lowest BCUT2D eigenvalue weighted by Crippen LogP contribution is -2.40. The minimum atomic E-state index is 0.147. The maximum Gasteiger partial charge on any atom is 0.187 e. The van der Waals surface area contributed by atoms with Crippen molar-refractivity contribution in [2.75, 3.05) is 13.7 Å². The first kappa shape index (κ1) is 13.5. The van der Waals surface area contributed by atoms with E-state index < -0.39 is 0 Å². The number of methoxy groups -OCH3 is 1. The number of rotatable bonds is 5. The molecule has 5 nitrogen and oxygen atoms in total. The summed E-state index contributed by atoms with van der Waals surface area (Å²) in [7, 11) is 1.65. The van der Waals surface area contributed by atoms with Gasteiger partial charge in [0.05, 0.1) is 12.8 Å². The number of hydrazone groups is 1. The first-order valence-corrected chi connectivity index (χ1v) is 5.61. The molecule has 0 amide bonds. The van der Waals surface area contributed by atoms with Gasteiger partial charge in [0.1, 0.15) is 0 Å². The van der Waals surface area contributed by atoms with Gasteiger partial charge < -0.3 is 10.1 Å². The molecule has 0 aliphatic heterocycles. The third kappa shape index (κ3) is 5.94. The van der Waals surface area contributed by atoms with Gasteiger partial charge in [-0.1, -0.05) is 6.07 Å². The number of ether oxygens (including phenoxy) is 1. The normalized spacial score (nSPS) is 12.4. The molecule has 92 valence electrons. The highest BCUT2D eigenvalue weighted by Crippen LogP contribution is 1.89. The zero-order valence-corrected chi connectivity index (χ0v) is 10.7. The van der Waals surface area contributed by atoms with Crippen molar-refractivity contribution in [3.05, 3.63) is 30.1 Å². The van der Waals surface area contributed by atoms with Gasteiger partial charge in [0.15, 0.2) is 5.11 Å². The fourth-order valence-electron chi connectivity index (χ4n) is 1.17. The highest BCUT2D eigenvalue weighted by atomic mass is 32.1. The van der Waals surface area contributed by atoms with E-state index in [1.165, 1.54) is 0 Å². The number of hydrogen-bond acceptors (Lipinski definition) is 4. The van der Waals surface area contributed by atoms with Crippen molar-refractivity contribution in [3.63, 3.8) is 0 Å². The smallest absolute Gasteiger partial charge is 0.187 e. The highest BCUT2D eigenvalue weighted by Gasteiger charge is 2.01. The van der Waals surface area contributed by atoms with Gasteiger partial charge in [-0.3, -0.25) is 10.4 Å². The second-order valence-electron chi connectivity index (χ2n) is 3.49. The van der Waals surface area contributed by atoms with Gasteiger partial charge in [-0.2, -0.15) is 5.10 Å². The molecule has 0 saturated carbocycles. The molecule has 0 bridgehead atoms. The van der Waals surface area contributed by atoms with Gasteiger partial charge in [-0.05, 0) is 25.2 Å². The van der Waals surface area contributed by atoms with E-state index in [4.69, 9.17) is 17.0 Å². The van der Waals surface area contributed by atoms with Crippen molar-refractivity contribution in [2.24, 2.45) is 5.10 Å². The molecule has 2 N–H and O–H groups in total. The maximum atomic E-state index is 5.05. The van der Waals surface area contributed by atoms with Crippen molar-refractivity contribution >= 4 is 23.5 Å². The third-order valence-corrected chi connectivity index (χ3v) is 2.07. The average molecular weight is 252 g/mol. The Morgan fingerprint density at radius 3 is 3.18 bits per heavy atom. The molecule has 0 fully saturated rings. The number of hydrogen-bond donors (Lipinski definition) is 2. The lowest BCUT2D eigenvalue weighted by molar-refractivity contribution is 0.179. The zero-order chi connectivity index (χ0) is 12.5. The highest BCUT2D eigenvalue weighted by molar-refractivity contribution is 7.80. The number of nitrogens with one attached hydrogen (secondary N) is 2. The lowest BCUT2D eigenvalue weighted by Gasteiger charge is -2.13. The van der Waals surface area contributed by atoms with Crippen LogP contribution in [0.4, 0.5) is 0 Å². The van der Waals surface area contributed by atoms with E-state index in [2.05, 4.69) is 20.8 Å².